The summed E-state index contributed by atoms with van der Waals surface area (Å²) in [6.07, 6.45) is 6.44. The number of aromatic nitrogens is 1. The number of halogens is 1. The summed E-state index contributed by atoms with van der Waals surface area (Å²) in [5, 5.41) is 0. The van der Waals surface area contributed by atoms with Crippen molar-refractivity contribution in [3.63, 3.8) is 0 Å². The maximum Gasteiger partial charge on any atom is 0.0712 e. The van der Waals surface area contributed by atoms with E-state index in [0.717, 1.165) is 6.54 Å². The second-order valence-corrected chi connectivity index (χ2v) is 3.81. The lowest BCUT2D eigenvalue weighted by Gasteiger charge is -2.18. The van der Waals surface area contributed by atoms with E-state index in [1.54, 1.807) is 0 Å². The zero-order valence-electron chi connectivity index (χ0n) is 6.29. The summed E-state index contributed by atoms with van der Waals surface area (Å²) in [4.78, 5) is 0. The van der Waals surface area contributed by atoms with Crippen molar-refractivity contribution in [3.8, 4) is 0 Å². The number of anilines is 1. The maximum absolute atomic E-state index is 2.33. The van der Waals surface area contributed by atoms with E-state index in [-0.39, 0.29) is 0 Å². The van der Waals surface area contributed by atoms with E-state index in [4.69, 9.17) is 0 Å². The molecule has 1 aliphatic rings. The largest absolute Gasteiger partial charge is 0.349 e. The molecule has 1 aromatic rings. The van der Waals surface area contributed by atoms with Crippen molar-refractivity contribution in [3.05, 3.63) is 24.0 Å². The van der Waals surface area contributed by atoms with Gasteiger partial charge in [-0.25, -0.2) is 0 Å². The van der Waals surface area contributed by atoms with Gasteiger partial charge < -0.3 is 7.68 Å². The average Bonchev–Trinajstić information content (AvgIpc) is 2.35. The van der Waals surface area contributed by atoms with Gasteiger partial charge in [0.2, 0.25) is 0 Å². The second kappa shape index (κ2) is 2.55. The molecule has 2 nitrogen and oxygen atoms in total. The molecule has 0 fully saturated rings. The van der Waals surface area contributed by atoms with Crippen LogP contribution in [0.1, 0.15) is 5.69 Å². The molecule has 11 heavy (non-hydrogen) atoms. The van der Waals surface area contributed by atoms with Gasteiger partial charge in [0.15, 0.2) is 0 Å². The Labute approximate surface area is 80.0 Å². The fraction of sp³-hybridized carbons (Fsp3) is 0.250. The van der Waals surface area contributed by atoms with Crippen LogP contribution in [0.25, 0.3) is 6.08 Å². The standard InChI is InChI=1S/C8H9IN2/c1-10-6-4-8-7(10)3-2-5-11(8)9/h2-4,6H,5H2,1H3. The van der Waals surface area contributed by atoms with E-state index in [9.17, 15) is 0 Å². The number of fused-ring (bicyclic) bond motifs is 1. The highest BCUT2D eigenvalue weighted by Crippen LogP contribution is 2.28. The zero-order chi connectivity index (χ0) is 7.84. The summed E-state index contributed by atoms with van der Waals surface area (Å²) in [7, 11) is 2.07. The molecule has 2 rings (SSSR count). The Kier molecular flexibility index (Phi) is 1.67. The lowest BCUT2D eigenvalue weighted by molar-refractivity contribution is 0.911. The van der Waals surface area contributed by atoms with Crippen molar-refractivity contribution in [1.82, 2.24) is 4.57 Å². The molecule has 0 spiro atoms. The van der Waals surface area contributed by atoms with Gasteiger partial charge in [0.25, 0.3) is 0 Å². The van der Waals surface area contributed by atoms with Crippen LogP contribution >= 0.6 is 22.9 Å². The van der Waals surface area contributed by atoms with Gasteiger partial charge in [-0.15, -0.1) is 0 Å². The highest BCUT2D eigenvalue weighted by molar-refractivity contribution is 14.1. The van der Waals surface area contributed by atoms with E-state index < -0.39 is 0 Å². The first kappa shape index (κ1) is 7.21. The van der Waals surface area contributed by atoms with Gasteiger partial charge in [-0.1, -0.05) is 6.08 Å². The van der Waals surface area contributed by atoms with E-state index in [0.29, 0.717) is 0 Å². The molecule has 58 valence electrons. The molecule has 1 aromatic heterocycles. The number of hydrogen-bond donors (Lipinski definition) is 0. The van der Waals surface area contributed by atoms with Crippen LogP contribution < -0.4 is 3.11 Å². The SMILES string of the molecule is Cn1ccc2c1C=CCN2I. The maximum atomic E-state index is 2.33. The predicted molar refractivity (Wildman–Crippen MR) is 55.8 cm³/mol. The molecule has 0 unspecified atom stereocenters. The van der Waals surface area contributed by atoms with Crippen LogP contribution in [0.2, 0.25) is 0 Å². The fourth-order valence-corrected chi connectivity index (χ4v) is 1.93. The van der Waals surface area contributed by atoms with Crippen LogP contribution in [0.3, 0.4) is 0 Å². The van der Waals surface area contributed by atoms with Crippen LogP contribution in [0.5, 0.6) is 0 Å². The van der Waals surface area contributed by atoms with Gasteiger partial charge >= 0.3 is 0 Å². The first-order chi connectivity index (χ1) is 5.29. The minimum Gasteiger partial charge on any atom is -0.349 e. The van der Waals surface area contributed by atoms with E-state index in [2.05, 4.69) is 62.0 Å². The summed E-state index contributed by atoms with van der Waals surface area (Å²) in [5.74, 6) is 0. The Morgan fingerprint density at radius 3 is 3.09 bits per heavy atom. The summed E-state index contributed by atoms with van der Waals surface area (Å²) < 4.78 is 4.35. The molecule has 0 aromatic carbocycles. The zero-order valence-corrected chi connectivity index (χ0v) is 8.45. The quantitative estimate of drug-likeness (QED) is 0.513. The van der Waals surface area contributed by atoms with Crippen LogP contribution in [0.15, 0.2) is 18.3 Å². The molecular formula is C8H9IN2. The second-order valence-electron chi connectivity index (χ2n) is 2.64. The molecule has 0 saturated carbocycles. The molecule has 0 atom stereocenters. The monoisotopic (exact) mass is 260 g/mol. The van der Waals surface area contributed by atoms with Gasteiger partial charge in [0.1, 0.15) is 0 Å². The molecule has 0 bridgehead atoms. The minimum absolute atomic E-state index is 1.01. The van der Waals surface area contributed by atoms with Gasteiger partial charge in [0.05, 0.1) is 34.2 Å². The van der Waals surface area contributed by atoms with E-state index >= 15 is 0 Å². The first-order valence-corrected chi connectivity index (χ1v) is 4.51. The Balaban J connectivity index is 2.57. The summed E-state index contributed by atoms with van der Waals surface area (Å²) in [6.45, 7) is 1.01. The Hall–Kier alpha value is -0.450. The first-order valence-electron chi connectivity index (χ1n) is 3.54. The van der Waals surface area contributed by atoms with Crippen molar-refractivity contribution < 1.29 is 0 Å². The van der Waals surface area contributed by atoms with Crippen LogP contribution in [-0.4, -0.2) is 11.1 Å². The smallest absolute Gasteiger partial charge is 0.0712 e. The van der Waals surface area contributed by atoms with Gasteiger partial charge in [-0.3, -0.25) is 0 Å². The Morgan fingerprint density at radius 1 is 1.55 bits per heavy atom. The molecular weight excluding hydrogens is 251 g/mol. The van der Waals surface area contributed by atoms with Crippen LogP contribution in [-0.2, 0) is 7.05 Å². The van der Waals surface area contributed by atoms with Crippen molar-refractivity contribution >= 4 is 34.6 Å². The number of nitrogens with zero attached hydrogens (tertiary/aromatic N) is 2. The van der Waals surface area contributed by atoms with Crippen LogP contribution in [0, 0.1) is 0 Å². The lowest BCUT2D eigenvalue weighted by atomic mass is 10.2. The topological polar surface area (TPSA) is 8.17 Å². The number of hydrogen-bond acceptors (Lipinski definition) is 1. The van der Waals surface area contributed by atoms with E-state index in [1.807, 2.05) is 0 Å². The normalized spacial score (nSPS) is 15.3. The number of aryl methyl sites for hydroxylation is 1. The fourth-order valence-electron chi connectivity index (χ4n) is 1.29. The molecule has 2 heterocycles. The van der Waals surface area contributed by atoms with Crippen molar-refractivity contribution in [1.29, 1.82) is 0 Å². The highest BCUT2D eigenvalue weighted by atomic mass is 127. The summed E-state index contributed by atoms with van der Waals surface area (Å²) in [5.41, 5.74) is 2.61. The van der Waals surface area contributed by atoms with Crippen molar-refractivity contribution in [2.45, 2.75) is 0 Å². The van der Waals surface area contributed by atoms with Crippen molar-refractivity contribution in [2.24, 2.45) is 7.05 Å². The van der Waals surface area contributed by atoms with Crippen LogP contribution in [0.4, 0.5) is 5.69 Å². The molecule has 0 radical (unpaired) electrons. The van der Waals surface area contributed by atoms with Gasteiger partial charge in [0, 0.05) is 19.8 Å². The van der Waals surface area contributed by atoms with Crippen molar-refractivity contribution in [2.75, 3.05) is 9.66 Å². The molecule has 0 amide bonds. The summed E-state index contributed by atoms with van der Waals surface area (Å²) in [6, 6.07) is 2.14. The summed E-state index contributed by atoms with van der Waals surface area (Å²) >= 11 is 2.33. The Bertz CT molecular complexity index is 301. The predicted octanol–water partition coefficient (Wildman–Crippen LogP) is 2.21. The minimum atomic E-state index is 1.01. The third kappa shape index (κ3) is 1.07. The van der Waals surface area contributed by atoms with Gasteiger partial charge in [-0.05, 0) is 12.1 Å². The highest BCUT2D eigenvalue weighted by Gasteiger charge is 2.12. The third-order valence-electron chi connectivity index (χ3n) is 1.90. The number of rotatable bonds is 0. The average molecular weight is 260 g/mol. The lowest BCUT2D eigenvalue weighted by Crippen LogP contribution is -2.12. The molecule has 0 aliphatic carbocycles. The van der Waals surface area contributed by atoms with E-state index in [1.165, 1.54) is 11.4 Å². The molecule has 1 aliphatic heterocycles. The molecule has 3 heteroatoms. The third-order valence-corrected chi connectivity index (χ3v) is 2.81. The van der Waals surface area contributed by atoms with Gasteiger partial charge in [-0.2, -0.15) is 0 Å². The molecule has 0 N–H and O–H groups in total. The Morgan fingerprint density at radius 2 is 2.36 bits per heavy atom. The molecule has 0 saturated heterocycles.